The summed E-state index contributed by atoms with van der Waals surface area (Å²) in [5.74, 6) is -0.00827. The van der Waals surface area contributed by atoms with Crippen molar-refractivity contribution >= 4 is 39.2 Å². The fourth-order valence-electron chi connectivity index (χ4n) is 1.63. The second-order valence-corrected chi connectivity index (χ2v) is 6.46. The minimum atomic E-state index is -0.00827. The standard InChI is InChI=1S/C12H14BrNO2S/c13-11-5-3-10(17-11)4-6-12(16)14(7-8-15)9-1-2-9/h3-6,9,15H,1-2,7-8H2/b6-4+. The van der Waals surface area contributed by atoms with Crippen LogP contribution in [0.25, 0.3) is 6.08 Å². The molecule has 0 aromatic carbocycles. The summed E-state index contributed by atoms with van der Waals surface area (Å²) in [7, 11) is 0. The van der Waals surface area contributed by atoms with Gasteiger partial charge in [-0.1, -0.05) is 0 Å². The Morgan fingerprint density at radius 2 is 2.35 bits per heavy atom. The van der Waals surface area contributed by atoms with Gasteiger partial charge in [-0.3, -0.25) is 4.79 Å². The minimum absolute atomic E-state index is 0.00827. The van der Waals surface area contributed by atoms with Gasteiger partial charge in [-0.25, -0.2) is 0 Å². The molecule has 0 bridgehead atoms. The van der Waals surface area contributed by atoms with E-state index in [1.54, 1.807) is 22.3 Å². The first-order chi connectivity index (χ1) is 8.20. The van der Waals surface area contributed by atoms with Crippen LogP contribution in [0.4, 0.5) is 0 Å². The van der Waals surface area contributed by atoms with Crippen molar-refractivity contribution in [3.8, 4) is 0 Å². The van der Waals surface area contributed by atoms with E-state index in [1.165, 1.54) is 0 Å². The van der Waals surface area contributed by atoms with E-state index in [0.29, 0.717) is 12.6 Å². The molecule has 0 atom stereocenters. The Bertz CT molecular complexity index is 426. The highest BCUT2D eigenvalue weighted by Gasteiger charge is 2.30. The average Bonchev–Trinajstić information content (AvgIpc) is 3.06. The molecule has 1 amide bonds. The highest BCUT2D eigenvalue weighted by Crippen LogP contribution is 2.27. The van der Waals surface area contributed by atoms with Gasteiger partial charge < -0.3 is 10.0 Å². The van der Waals surface area contributed by atoms with Crippen molar-refractivity contribution in [3.05, 3.63) is 26.9 Å². The average molecular weight is 316 g/mol. The Kier molecular flexibility index (Phi) is 4.36. The molecular formula is C12H14BrNO2S. The first kappa shape index (κ1) is 12.8. The van der Waals surface area contributed by atoms with E-state index >= 15 is 0 Å². The lowest BCUT2D eigenvalue weighted by Crippen LogP contribution is -2.34. The largest absolute Gasteiger partial charge is 0.395 e. The summed E-state index contributed by atoms with van der Waals surface area (Å²) in [5.41, 5.74) is 0. The quantitative estimate of drug-likeness (QED) is 0.848. The van der Waals surface area contributed by atoms with Crippen molar-refractivity contribution in [2.24, 2.45) is 0 Å². The molecule has 1 aliphatic rings. The van der Waals surface area contributed by atoms with Gasteiger partial charge in [-0.2, -0.15) is 0 Å². The monoisotopic (exact) mass is 315 g/mol. The third-order valence-corrected chi connectivity index (χ3v) is 4.18. The van der Waals surface area contributed by atoms with Crippen LogP contribution in [-0.2, 0) is 4.79 Å². The molecule has 1 N–H and O–H groups in total. The summed E-state index contributed by atoms with van der Waals surface area (Å²) in [6, 6.07) is 4.27. The van der Waals surface area contributed by atoms with Crippen molar-refractivity contribution in [2.75, 3.05) is 13.2 Å². The zero-order chi connectivity index (χ0) is 12.3. The van der Waals surface area contributed by atoms with Crippen LogP contribution >= 0.6 is 27.3 Å². The van der Waals surface area contributed by atoms with Gasteiger partial charge in [0.1, 0.15) is 0 Å². The van der Waals surface area contributed by atoms with E-state index in [1.807, 2.05) is 18.2 Å². The number of carbonyl (C=O) groups excluding carboxylic acids is 1. The van der Waals surface area contributed by atoms with E-state index in [-0.39, 0.29) is 12.5 Å². The Labute approximate surface area is 113 Å². The minimum Gasteiger partial charge on any atom is -0.395 e. The van der Waals surface area contributed by atoms with E-state index < -0.39 is 0 Å². The molecule has 0 saturated heterocycles. The van der Waals surface area contributed by atoms with Gasteiger partial charge in [0, 0.05) is 23.5 Å². The molecule has 0 spiro atoms. The molecule has 2 rings (SSSR count). The van der Waals surface area contributed by atoms with E-state index in [4.69, 9.17) is 5.11 Å². The molecule has 1 saturated carbocycles. The smallest absolute Gasteiger partial charge is 0.246 e. The molecule has 0 radical (unpaired) electrons. The molecule has 0 aliphatic heterocycles. The lowest BCUT2D eigenvalue weighted by atomic mass is 10.3. The Morgan fingerprint density at radius 3 is 2.88 bits per heavy atom. The van der Waals surface area contributed by atoms with Gasteiger partial charge in [0.2, 0.25) is 5.91 Å². The van der Waals surface area contributed by atoms with Crippen LogP contribution in [-0.4, -0.2) is 35.1 Å². The second kappa shape index (κ2) is 5.80. The first-order valence-electron chi connectivity index (χ1n) is 5.55. The number of aliphatic hydroxyl groups excluding tert-OH is 1. The van der Waals surface area contributed by atoms with Gasteiger partial charge >= 0.3 is 0 Å². The molecule has 1 aliphatic carbocycles. The van der Waals surface area contributed by atoms with Crippen molar-refractivity contribution in [1.82, 2.24) is 4.90 Å². The lowest BCUT2D eigenvalue weighted by molar-refractivity contribution is -0.127. The number of hydrogen-bond donors (Lipinski definition) is 1. The predicted octanol–water partition coefficient (Wildman–Crippen LogP) is 2.51. The number of rotatable bonds is 5. The summed E-state index contributed by atoms with van der Waals surface area (Å²) in [6.45, 7) is 0.461. The lowest BCUT2D eigenvalue weighted by Gasteiger charge is -2.19. The molecule has 1 fully saturated rings. The molecule has 1 aromatic heterocycles. The number of thiophene rings is 1. The van der Waals surface area contributed by atoms with Crippen LogP contribution in [0.15, 0.2) is 22.0 Å². The third-order valence-electron chi connectivity index (χ3n) is 2.60. The zero-order valence-corrected chi connectivity index (χ0v) is 11.7. The van der Waals surface area contributed by atoms with Crippen LogP contribution in [0.1, 0.15) is 17.7 Å². The Balaban J connectivity index is 1.96. The fourth-order valence-corrected chi connectivity index (χ4v) is 2.96. The molecule has 17 heavy (non-hydrogen) atoms. The number of hydrogen-bond acceptors (Lipinski definition) is 3. The number of aliphatic hydroxyl groups is 1. The highest BCUT2D eigenvalue weighted by molar-refractivity contribution is 9.11. The first-order valence-corrected chi connectivity index (χ1v) is 7.16. The predicted molar refractivity (Wildman–Crippen MR) is 72.9 cm³/mol. The van der Waals surface area contributed by atoms with Gasteiger partial charge in [0.05, 0.1) is 10.4 Å². The fraction of sp³-hybridized carbons (Fsp3) is 0.417. The van der Waals surface area contributed by atoms with Gasteiger partial charge in [-0.05, 0) is 47.0 Å². The Morgan fingerprint density at radius 1 is 1.59 bits per heavy atom. The summed E-state index contributed by atoms with van der Waals surface area (Å²) in [6.07, 6.45) is 5.53. The maximum atomic E-state index is 11.9. The number of nitrogens with zero attached hydrogens (tertiary/aromatic N) is 1. The topological polar surface area (TPSA) is 40.5 Å². The molecule has 92 valence electrons. The summed E-state index contributed by atoms with van der Waals surface area (Å²) in [4.78, 5) is 14.7. The summed E-state index contributed by atoms with van der Waals surface area (Å²) in [5, 5.41) is 8.93. The molecule has 0 unspecified atom stereocenters. The van der Waals surface area contributed by atoms with Crippen LogP contribution in [0.3, 0.4) is 0 Å². The highest BCUT2D eigenvalue weighted by atomic mass is 79.9. The van der Waals surface area contributed by atoms with Gasteiger partial charge in [0.15, 0.2) is 0 Å². The van der Waals surface area contributed by atoms with E-state index in [9.17, 15) is 4.79 Å². The zero-order valence-electron chi connectivity index (χ0n) is 9.30. The maximum absolute atomic E-state index is 11.9. The van der Waals surface area contributed by atoms with Crippen LogP contribution in [0, 0.1) is 0 Å². The van der Waals surface area contributed by atoms with Crippen molar-refractivity contribution in [1.29, 1.82) is 0 Å². The van der Waals surface area contributed by atoms with Crippen molar-refractivity contribution in [2.45, 2.75) is 18.9 Å². The molecule has 1 heterocycles. The number of amides is 1. The summed E-state index contributed by atoms with van der Waals surface area (Å²) < 4.78 is 1.05. The summed E-state index contributed by atoms with van der Waals surface area (Å²) >= 11 is 4.97. The van der Waals surface area contributed by atoms with Crippen LogP contribution in [0.5, 0.6) is 0 Å². The van der Waals surface area contributed by atoms with Crippen LogP contribution in [0.2, 0.25) is 0 Å². The third kappa shape index (κ3) is 3.66. The van der Waals surface area contributed by atoms with Crippen molar-refractivity contribution in [3.63, 3.8) is 0 Å². The maximum Gasteiger partial charge on any atom is 0.246 e. The van der Waals surface area contributed by atoms with Crippen LogP contribution < -0.4 is 0 Å². The van der Waals surface area contributed by atoms with Crippen molar-refractivity contribution < 1.29 is 9.90 Å². The Hall–Kier alpha value is -0.650. The van der Waals surface area contributed by atoms with Gasteiger partial charge in [0.25, 0.3) is 0 Å². The normalized spacial score (nSPS) is 15.4. The molecule has 5 heteroatoms. The number of halogens is 1. The number of carbonyl (C=O) groups is 1. The SMILES string of the molecule is O=C(/C=C/c1ccc(Br)s1)N(CCO)C1CC1. The second-order valence-electron chi connectivity index (χ2n) is 3.96. The molecular weight excluding hydrogens is 302 g/mol. The van der Waals surface area contributed by atoms with E-state index in [0.717, 1.165) is 21.5 Å². The van der Waals surface area contributed by atoms with Gasteiger partial charge in [-0.15, -0.1) is 11.3 Å². The van der Waals surface area contributed by atoms with E-state index in [2.05, 4.69) is 15.9 Å². The molecule has 3 nitrogen and oxygen atoms in total. The molecule has 1 aromatic rings.